The van der Waals surface area contributed by atoms with Gasteiger partial charge in [0.2, 0.25) is 0 Å². The number of carbonyl (C=O) groups excluding carboxylic acids is 2. The summed E-state index contributed by atoms with van der Waals surface area (Å²) in [7, 11) is 0. The zero-order chi connectivity index (χ0) is 21.0. The molecule has 0 spiro atoms. The second kappa shape index (κ2) is 8.86. The summed E-state index contributed by atoms with van der Waals surface area (Å²) >= 11 is 0. The first-order valence-corrected chi connectivity index (χ1v) is 9.57. The molecule has 1 unspecified atom stereocenters. The molecule has 1 aliphatic rings. The Morgan fingerprint density at radius 1 is 1.10 bits per heavy atom. The highest BCUT2D eigenvalue weighted by atomic mass is 16.6. The van der Waals surface area contributed by atoms with Crippen molar-refractivity contribution >= 4 is 11.8 Å². The Labute approximate surface area is 170 Å². The van der Waals surface area contributed by atoms with E-state index in [2.05, 4.69) is 5.32 Å². The SMILES string of the molecule is Cc1ccc(C(N)=O)c(OCC(=O)NC(c2ccc3c(c2)OCCO3)C(C)C)c1. The van der Waals surface area contributed by atoms with Crippen molar-refractivity contribution < 1.29 is 23.8 Å². The maximum atomic E-state index is 12.6. The fourth-order valence-electron chi connectivity index (χ4n) is 3.20. The van der Waals surface area contributed by atoms with Crippen LogP contribution in [-0.2, 0) is 4.79 Å². The van der Waals surface area contributed by atoms with Crippen LogP contribution in [0.1, 0.15) is 41.4 Å². The summed E-state index contributed by atoms with van der Waals surface area (Å²) in [6.45, 7) is 6.72. The highest BCUT2D eigenvalue weighted by Gasteiger charge is 2.22. The lowest BCUT2D eigenvalue weighted by molar-refractivity contribution is -0.124. The number of hydrogen-bond donors (Lipinski definition) is 2. The molecular formula is C22H26N2O5. The molecule has 154 valence electrons. The van der Waals surface area contributed by atoms with Gasteiger partial charge in [-0.25, -0.2) is 0 Å². The average molecular weight is 398 g/mol. The smallest absolute Gasteiger partial charge is 0.258 e. The third kappa shape index (κ3) is 4.99. The lowest BCUT2D eigenvalue weighted by atomic mass is 9.95. The van der Waals surface area contributed by atoms with Gasteiger partial charge >= 0.3 is 0 Å². The Kier molecular flexibility index (Phi) is 6.26. The molecule has 3 rings (SSSR count). The van der Waals surface area contributed by atoms with Crippen molar-refractivity contribution in [2.45, 2.75) is 26.8 Å². The Morgan fingerprint density at radius 3 is 2.52 bits per heavy atom. The first-order chi connectivity index (χ1) is 13.8. The predicted molar refractivity (Wildman–Crippen MR) is 108 cm³/mol. The molecule has 0 aliphatic carbocycles. The van der Waals surface area contributed by atoms with E-state index in [0.717, 1.165) is 11.1 Å². The maximum absolute atomic E-state index is 12.6. The summed E-state index contributed by atoms with van der Waals surface area (Å²) in [6.07, 6.45) is 0. The van der Waals surface area contributed by atoms with Crippen LogP contribution in [0.4, 0.5) is 0 Å². The number of rotatable bonds is 7. The van der Waals surface area contributed by atoms with E-state index < -0.39 is 5.91 Å². The number of nitrogens with one attached hydrogen (secondary N) is 1. The van der Waals surface area contributed by atoms with Crippen molar-refractivity contribution in [3.05, 3.63) is 53.1 Å². The van der Waals surface area contributed by atoms with Gasteiger partial charge in [0.05, 0.1) is 11.6 Å². The first-order valence-electron chi connectivity index (χ1n) is 9.57. The molecule has 0 bridgehead atoms. The lowest BCUT2D eigenvalue weighted by Crippen LogP contribution is -2.35. The summed E-state index contributed by atoms with van der Waals surface area (Å²) in [5.74, 6) is 0.924. The molecule has 7 heteroatoms. The van der Waals surface area contributed by atoms with Crippen LogP contribution in [0.3, 0.4) is 0 Å². The van der Waals surface area contributed by atoms with Crippen molar-refractivity contribution in [2.75, 3.05) is 19.8 Å². The predicted octanol–water partition coefficient (Wildman–Crippen LogP) is 2.76. The van der Waals surface area contributed by atoms with Gasteiger partial charge in [0.25, 0.3) is 11.8 Å². The van der Waals surface area contributed by atoms with Gasteiger partial charge in [-0.3, -0.25) is 9.59 Å². The van der Waals surface area contributed by atoms with Crippen molar-refractivity contribution in [3.8, 4) is 17.2 Å². The zero-order valence-electron chi connectivity index (χ0n) is 16.9. The van der Waals surface area contributed by atoms with Crippen LogP contribution < -0.4 is 25.3 Å². The highest BCUT2D eigenvalue weighted by Crippen LogP contribution is 2.34. The van der Waals surface area contributed by atoms with Gasteiger partial charge in [0.15, 0.2) is 18.1 Å². The second-order valence-electron chi connectivity index (χ2n) is 7.34. The molecule has 7 nitrogen and oxygen atoms in total. The molecule has 2 aromatic carbocycles. The van der Waals surface area contributed by atoms with E-state index >= 15 is 0 Å². The number of benzene rings is 2. The van der Waals surface area contributed by atoms with E-state index in [0.29, 0.717) is 30.5 Å². The topological polar surface area (TPSA) is 99.9 Å². The molecule has 2 amide bonds. The van der Waals surface area contributed by atoms with Crippen molar-refractivity contribution in [2.24, 2.45) is 11.7 Å². The average Bonchev–Trinajstić information content (AvgIpc) is 2.69. The van der Waals surface area contributed by atoms with E-state index in [9.17, 15) is 9.59 Å². The Bertz CT molecular complexity index is 910. The van der Waals surface area contributed by atoms with Crippen LogP contribution in [-0.4, -0.2) is 31.6 Å². The molecule has 1 heterocycles. The lowest BCUT2D eigenvalue weighted by Gasteiger charge is -2.25. The summed E-state index contributed by atoms with van der Waals surface area (Å²) < 4.78 is 16.8. The summed E-state index contributed by atoms with van der Waals surface area (Å²) in [4.78, 5) is 24.1. The van der Waals surface area contributed by atoms with Gasteiger partial charge in [-0.15, -0.1) is 0 Å². The molecule has 3 N–H and O–H groups in total. The van der Waals surface area contributed by atoms with Gasteiger partial charge in [-0.2, -0.15) is 0 Å². The summed E-state index contributed by atoms with van der Waals surface area (Å²) in [5.41, 5.74) is 7.45. The zero-order valence-corrected chi connectivity index (χ0v) is 16.9. The number of ether oxygens (including phenoxy) is 3. The third-order valence-corrected chi connectivity index (χ3v) is 4.67. The fourth-order valence-corrected chi connectivity index (χ4v) is 3.20. The number of hydrogen-bond acceptors (Lipinski definition) is 5. The Balaban J connectivity index is 1.70. The van der Waals surface area contributed by atoms with Crippen LogP contribution in [0.2, 0.25) is 0 Å². The molecule has 0 aromatic heterocycles. The van der Waals surface area contributed by atoms with Crippen molar-refractivity contribution in [1.29, 1.82) is 0 Å². The molecule has 0 saturated carbocycles. The van der Waals surface area contributed by atoms with Crippen LogP contribution >= 0.6 is 0 Å². The van der Waals surface area contributed by atoms with E-state index in [1.54, 1.807) is 18.2 Å². The largest absolute Gasteiger partial charge is 0.486 e. The van der Waals surface area contributed by atoms with Gasteiger partial charge < -0.3 is 25.3 Å². The van der Waals surface area contributed by atoms with Crippen LogP contribution in [0, 0.1) is 12.8 Å². The quantitative estimate of drug-likeness (QED) is 0.747. The van der Waals surface area contributed by atoms with Crippen LogP contribution in [0.5, 0.6) is 17.2 Å². The van der Waals surface area contributed by atoms with Crippen LogP contribution in [0.15, 0.2) is 36.4 Å². The van der Waals surface area contributed by atoms with Gasteiger partial charge in [0, 0.05) is 0 Å². The standard InChI is InChI=1S/C22H26N2O5/c1-13(2)21(15-5-7-17-19(11-15)28-9-8-27-17)24-20(25)12-29-18-10-14(3)4-6-16(18)22(23)26/h4-7,10-11,13,21H,8-9,12H2,1-3H3,(H2,23,26)(H,24,25). The minimum absolute atomic E-state index is 0.140. The van der Waals surface area contributed by atoms with E-state index in [-0.39, 0.29) is 30.0 Å². The summed E-state index contributed by atoms with van der Waals surface area (Å²) in [5, 5.41) is 3.00. The number of amides is 2. The number of aryl methyl sites for hydroxylation is 1. The highest BCUT2D eigenvalue weighted by molar-refractivity contribution is 5.95. The molecule has 2 aromatic rings. The van der Waals surface area contributed by atoms with E-state index in [1.807, 2.05) is 39.0 Å². The van der Waals surface area contributed by atoms with Gasteiger partial charge in [-0.1, -0.05) is 26.0 Å². The molecule has 29 heavy (non-hydrogen) atoms. The van der Waals surface area contributed by atoms with Gasteiger partial charge in [-0.05, 0) is 48.2 Å². The minimum Gasteiger partial charge on any atom is -0.486 e. The monoisotopic (exact) mass is 398 g/mol. The van der Waals surface area contributed by atoms with Crippen LogP contribution in [0.25, 0.3) is 0 Å². The number of fused-ring (bicyclic) bond motifs is 1. The first kappa shape index (κ1) is 20.5. The van der Waals surface area contributed by atoms with Crippen molar-refractivity contribution in [3.63, 3.8) is 0 Å². The second-order valence-corrected chi connectivity index (χ2v) is 7.34. The van der Waals surface area contributed by atoms with Crippen molar-refractivity contribution in [1.82, 2.24) is 5.32 Å². The maximum Gasteiger partial charge on any atom is 0.258 e. The molecule has 0 saturated heterocycles. The third-order valence-electron chi connectivity index (χ3n) is 4.67. The van der Waals surface area contributed by atoms with E-state index in [1.165, 1.54) is 0 Å². The number of primary amides is 1. The Hall–Kier alpha value is -3.22. The van der Waals surface area contributed by atoms with E-state index in [4.69, 9.17) is 19.9 Å². The molecular weight excluding hydrogens is 372 g/mol. The fraction of sp³-hybridized carbons (Fsp3) is 0.364. The normalized spacial score (nSPS) is 13.7. The minimum atomic E-state index is -0.600. The molecule has 1 atom stereocenters. The number of nitrogens with two attached hydrogens (primary N) is 1. The molecule has 1 aliphatic heterocycles. The molecule has 0 radical (unpaired) electrons. The van der Waals surface area contributed by atoms with Gasteiger partial charge in [0.1, 0.15) is 19.0 Å². The number of carbonyl (C=O) groups is 2. The molecule has 0 fully saturated rings. The summed E-state index contributed by atoms with van der Waals surface area (Å²) in [6, 6.07) is 10.5. The Morgan fingerprint density at radius 2 is 1.83 bits per heavy atom.